The average molecular weight is 297 g/mol. The van der Waals surface area contributed by atoms with E-state index in [0.717, 1.165) is 0 Å². The number of aliphatic hydroxyl groups is 4. The minimum absolute atomic E-state index is 0. The van der Waals surface area contributed by atoms with Gasteiger partial charge in [0, 0.05) is 0 Å². The van der Waals surface area contributed by atoms with E-state index in [0.29, 0.717) is 0 Å². The molecule has 102 valence electrons. The van der Waals surface area contributed by atoms with E-state index in [9.17, 15) is 28.0 Å². The summed E-state index contributed by atoms with van der Waals surface area (Å²) in [4.78, 5) is 10.4. The maximum Gasteiger partial charge on any atom is 1.00 e. The van der Waals surface area contributed by atoms with Crippen molar-refractivity contribution in [3.63, 3.8) is 0 Å². The second-order valence-corrected chi connectivity index (χ2v) is 3.99. The predicted molar refractivity (Wildman–Crippen MR) is 48.9 cm³/mol. The van der Waals surface area contributed by atoms with Gasteiger partial charge in [0.1, 0.15) is 30.6 Å². The quantitative estimate of drug-likeness (QED) is 0.0950. The Morgan fingerprint density at radius 2 is 1.78 bits per heavy atom. The van der Waals surface area contributed by atoms with Gasteiger partial charge in [-0.3, -0.25) is 0 Å². The SMILES string of the molecule is O=C[C@H](NOS(=O)(=O)[O-])[C@@H](O)[C@@H](O)[C@H](O)CO.[Na+]. The molecule has 0 aromatic carbocycles. The number of aliphatic hydroxyl groups excluding tert-OH is 4. The Kier molecular flexibility index (Phi) is 10.6. The van der Waals surface area contributed by atoms with Gasteiger partial charge in [-0.1, -0.05) is 0 Å². The van der Waals surface area contributed by atoms with Gasteiger partial charge >= 0.3 is 29.6 Å². The fraction of sp³-hybridized carbons (Fsp3) is 0.833. The van der Waals surface area contributed by atoms with E-state index in [1.807, 2.05) is 0 Å². The van der Waals surface area contributed by atoms with Gasteiger partial charge in [0.15, 0.2) is 0 Å². The molecule has 10 nitrogen and oxygen atoms in total. The summed E-state index contributed by atoms with van der Waals surface area (Å²) in [6.45, 7) is -0.898. The number of aldehydes is 1. The number of rotatable bonds is 8. The van der Waals surface area contributed by atoms with Crippen molar-refractivity contribution < 1.29 is 72.0 Å². The maximum atomic E-state index is 10.4. The molecule has 4 atom stereocenters. The maximum absolute atomic E-state index is 10.4. The Hall–Kier alpha value is 0.340. The van der Waals surface area contributed by atoms with Crippen LogP contribution >= 0.6 is 0 Å². The summed E-state index contributed by atoms with van der Waals surface area (Å²) in [5.41, 5.74) is 1.40. The summed E-state index contributed by atoms with van der Waals surface area (Å²) in [5.74, 6) is 0. The van der Waals surface area contributed by atoms with Gasteiger partial charge in [-0.15, -0.1) is 0 Å². The Labute approximate surface area is 125 Å². The van der Waals surface area contributed by atoms with Crippen molar-refractivity contribution >= 4 is 16.7 Å². The molecule has 0 aliphatic rings. The number of carbonyl (C=O) groups is 1. The summed E-state index contributed by atoms with van der Waals surface area (Å²) >= 11 is 0. The largest absolute Gasteiger partial charge is 1.00 e. The Morgan fingerprint density at radius 3 is 2.11 bits per heavy atom. The zero-order valence-corrected chi connectivity index (χ0v) is 12.1. The van der Waals surface area contributed by atoms with E-state index in [1.165, 1.54) is 5.48 Å². The van der Waals surface area contributed by atoms with Crippen LogP contribution in [-0.4, -0.2) is 70.6 Å². The van der Waals surface area contributed by atoms with Crippen LogP contribution < -0.4 is 35.0 Å². The fourth-order valence-electron chi connectivity index (χ4n) is 0.841. The van der Waals surface area contributed by atoms with Crippen LogP contribution in [0.5, 0.6) is 0 Å². The first-order valence-electron chi connectivity index (χ1n) is 4.23. The number of carbonyl (C=O) groups excluding carboxylic acids is 1. The normalized spacial score (nSPS) is 18.3. The molecule has 0 fully saturated rings. The second-order valence-electron chi connectivity index (χ2n) is 3.00. The molecule has 0 saturated carbocycles. The zero-order valence-electron chi connectivity index (χ0n) is 9.33. The molecule has 12 heteroatoms. The van der Waals surface area contributed by atoms with Crippen LogP contribution in [0, 0.1) is 0 Å². The molecule has 0 saturated heterocycles. The van der Waals surface area contributed by atoms with Crippen LogP contribution in [0.25, 0.3) is 0 Å². The van der Waals surface area contributed by atoms with Crippen molar-refractivity contribution in [2.75, 3.05) is 6.61 Å². The van der Waals surface area contributed by atoms with Gasteiger partial charge < -0.3 is 29.8 Å². The molecule has 0 aromatic rings. The number of nitrogens with one attached hydrogen (secondary N) is 1. The third-order valence-electron chi connectivity index (χ3n) is 1.73. The minimum Gasteiger partial charge on any atom is -0.724 e. The van der Waals surface area contributed by atoms with Crippen LogP contribution in [0.2, 0.25) is 0 Å². The molecule has 0 radical (unpaired) electrons. The van der Waals surface area contributed by atoms with Gasteiger partial charge in [-0.2, -0.15) is 9.76 Å². The number of hydroxylamine groups is 1. The van der Waals surface area contributed by atoms with E-state index >= 15 is 0 Å². The first-order valence-corrected chi connectivity index (χ1v) is 5.56. The third kappa shape index (κ3) is 7.70. The topological polar surface area (TPSA) is 176 Å². The van der Waals surface area contributed by atoms with E-state index in [1.54, 1.807) is 0 Å². The van der Waals surface area contributed by atoms with Gasteiger partial charge in [-0.25, -0.2) is 8.42 Å². The molecular formula is C6H12NNaO9S. The molecule has 0 aliphatic heterocycles. The average Bonchev–Trinajstić information content (AvgIpc) is 2.25. The summed E-state index contributed by atoms with van der Waals surface area (Å²) in [5, 5.41) is 35.9. The molecule has 5 N–H and O–H groups in total. The molecule has 0 heterocycles. The smallest absolute Gasteiger partial charge is 0.724 e. The van der Waals surface area contributed by atoms with Crippen LogP contribution in [0.1, 0.15) is 0 Å². The van der Waals surface area contributed by atoms with Crippen molar-refractivity contribution in [3.05, 3.63) is 0 Å². The van der Waals surface area contributed by atoms with Crippen molar-refractivity contribution in [1.29, 1.82) is 0 Å². The van der Waals surface area contributed by atoms with Crippen molar-refractivity contribution in [3.8, 4) is 0 Å². The van der Waals surface area contributed by atoms with Crippen LogP contribution in [0.3, 0.4) is 0 Å². The monoisotopic (exact) mass is 297 g/mol. The van der Waals surface area contributed by atoms with Gasteiger partial charge in [0.2, 0.25) is 10.4 Å². The molecule has 18 heavy (non-hydrogen) atoms. The first-order chi connectivity index (χ1) is 7.72. The molecule has 0 unspecified atom stereocenters. The number of hydrogen-bond donors (Lipinski definition) is 5. The third-order valence-corrected chi connectivity index (χ3v) is 2.03. The molecule has 0 rings (SSSR count). The molecule has 0 amide bonds. The van der Waals surface area contributed by atoms with Crippen LogP contribution in [0.15, 0.2) is 0 Å². The van der Waals surface area contributed by atoms with E-state index in [4.69, 9.17) is 10.2 Å². The van der Waals surface area contributed by atoms with E-state index < -0.39 is 41.4 Å². The molecule has 0 bridgehead atoms. The minimum atomic E-state index is -5.14. The molecular weight excluding hydrogens is 285 g/mol. The van der Waals surface area contributed by atoms with Crippen LogP contribution in [-0.2, 0) is 19.5 Å². The predicted octanol–water partition coefficient (Wildman–Crippen LogP) is -7.39. The van der Waals surface area contributed by atoms with E-state index in [-0.39, 0.29) is 35.8 Å². The molecule has 0 spiro atoms. The van der Waals surface area contributed by atoms with Gasteiger partial charge in [-0.05, 0) is 0 Å². The van der Waals surface area contributed by atoms with Crippen molar-refractivity contribution in [2.45, 2.75) is 24.4 Å². The fourth-order valence-corrected chi connectivity index (χ4v) is 1.07. The summed E-state index contributed by atoms with van der Waals surface area (Å²) in [6, 6.07) is -1.78. The van der Waals surface area contributed by atoms with Crippen LogP contribution in [0.4, 0.5) is 0 Å². The Bertz CT molecular complexity index is 336. The molecule has 0 aromatic heterocycles. The molecule has 0 aliphatic carbocycles. The Balaban J connectivity index is 0. The summed E-state index contributed by atoms with van der Waals surface area (Å²) in [6.07, 6.45) is -5.74. The zero-order chi connectivity index (χ0) is 13.6. The van der Waals surface area contributed by atoms with Crippen molar-refractivity contribution in [2.24, 2.45) is 0 Å². The standard InChI is InChI=1S/C6H13NO9S.Na/c8-1-3(7-16-17(13,14)15)5(11)6(12)4(10)2-9;/h1,3-7,9-12H,2H2,(H,13,14,15);/q;+1/p-1/t3-,4+,5+,6-;/m0./s1. The summed E-state index contributed by atoms with van der Waals surface area (Å²) in [7, 11) is -5.14. The van der Waals surface area contributed by atoms with Gasteiger partial charge in [0.25, 0.3) is 0 Å². The van der Waals surface area contributed by atoms with Gasteiger partial charge in [0.05, 0.1) is 6.61 Å². The van der Waals surface area contributed by atoms with E-state index in [2.05, 4.69) is 4.28 Å². The van der Waals surface area contributed by atoms with Crippen molar-refractivity contribution in [1.82, 2.24) is 5.48 Å². The Morgan fingerprint density at radius 1 is 1.28 bits per heavy atom. The first kappa shape index (κ1) is 20.7. The number of hydrogen-bond acceptors (Lipinski definition) is 10. The summed E-state index contributed by atoms with van der Waals surface area (Å²) < 4.78 is 33.6. The second kappa shape index (κ2) is 9.28.